The van der Waals surface area contributed by atoms with Gasteiger partial charge in [0.15, 0.2) is 0 Å². The highest BCUT2D eigenvalue weighted by Crippen LogP contribution is 2.30. The number of amides is 1. The average Bonchev–Trinajstić information content (AvgIpc) is 2.83. The van der Waals surface area contributed by atoms with Crippen LogP contribution in [0, 0.1) is 5.92 Å². The number of carbonyl (C=O) groups is 1. The highest BCUT2D eigenvalue weighted by Gasteiger charge is 2.41. The Kier molecular flexibility index (Phi) is 3.54. The summed E-state index contributed by atoms with van der Waals surface area (Å²) in [6.07, 6.45) is 4.81. The van der Waals surface area contributed by atoms with Gasteiger partial charge in [-0.25, -0.2) is 0 Å². The van der Waals surface area contributed by atoms with Crippen LogP contribution in [-0.2, 0) is 14.3 Å². The third-order valence-corrected chi connectivity index (χ3v) is 4.46. The Morgan fingerprint density at radius 2 is 2.06 bits per heavy atom. The molecule has 0 radical (unpaired) electrons. The van der Waals surface area contributed by atoms with Gasteiger partial charge in [-0.15, -0.1) is 0 Å². The van der Waals surface area contributed by atoms with Crippen LogP contribution < -0.4 is 5.73 Å². The lowest BCUT2D eigenvalue weighted by Gasteiger charge is -2.44. The Bertz CT molecular complexity index is 321. The minimum atomic E-state index is -0.148. The number of morpholine rings is 1. The number of rotatable bonds is 1. The Balaban J connectivity index is 1.71. The maximum atomic E-state index is 12.6. The molecule has 5 heteroatoms. The zero-order chi connectivity index (χ0) is 12.5. The molecule has 3 aliphatic rings. The molecule has 0 aromatic carbocycles. The Labute approximate surface area is 108 Å². The molecule has 0 aromatic heterocycles. The molecule has 2 N–H and O–H groups in total. The van der Waals surface area contributed by atoms with Crippen molar-refractivity contribution in [3.8, 4) is 0 Å². The smallest absolute Gasteiger partial charge is 0.230 e. The largest absolute Gasteiger partial charge is 0.379 e. The van der Waals surface area contributed by atoms with Gasteiger partial charge in [-0.2, -0.15) is 0 Å². The first kappa shape index (κ1) is 12.4. The zero-order valence-corrected chi connectivity index (χ0v) is 10.7. The molecule has 4 unspecified atom stereocenters. The van der Waals surface area contributed by atoms with Gasteiger partial charge in [0, 0.05) is 12.6 Å². The average molecular weight is 254 g/mol. The molecule has 2 aliphatic heterocycles. The number of carbonyl (C=O) groups excluding carboxylic acids is 1. The molecule has 2 heterocycles. The van der Waals surface area contributed by atoms with E-state index in [1.54, 1.807) is 0 Å². The van der Waals surface area contributed by atoms with Crippen LogP contribution in [0.2, 0.25) is 0 Å². The summed E-state index contributed by atoms with van der Waals surface area (Å²) in [6.45, 7) is 2.36. The van der Waals surface area contributed by atoms with Crippen molar-refractivity contribution in [3.05, 3.63) is 0 Å². The fourth-order valence-electron chi connectivity index (χ4n) is 3.41. The standard InChI is InChI=1S/C13H22N2O3/c14-10-8-17-7-9(10)13(16)15-5-6-18-12-4-2-1-3-11(12)15/h9-12H,1-8,14H2. The van der Waals surface area contributed by atoms with Gasteiger partial charge >= 0.3 is 0 Å². The van der Waals surface area contributed by atoms with Crippen molar-refractivity contribution < 1.29 is 14.3 Å². The summed E-state index contributed by atoms with van der Waals surface area (Å²) in [5.74, 6) is 0.0332. The number of nitrogens with two attached hydrogens (primary N) is 1. The van der Waals surface area contributed by atoms with E-state index in [1.165, 1.54) is 12.8 Å². The van der Waals surface area contributed by atoms with Crippen LogP contribution >= 0.6 is 0 Å². The van der Waals surface area contributed by atoms with Gasteiger partial charge in [-0.3, -0.25) is 4.79 Å². The lowest BCUT2D eigenvalue weighted by molar-refractivity contribution is -0.154. The number of ether oxygens (including phenoxy) is 2. The Morgan fingerprint density at radius 3 is 2.83 bits per heavy atom. The van der Waals surface area contributed by atoms with Crippen molar-refractivity contribution in [3.63, 3.8) is 0 Å². The van der Waals surface area contributed by atoms with Crippen LogP contribution in [0.3, 0.4) is 0 Å². The first-order valence-electron chi connectivity index (χ1n) is 7.03. The molecule has 18 heavy (non-hydrogen) atoms. The molecule has 0 aromatic rings. The second-order valence-corrected chi connectivity index (χ2v) is 5.60. The van der Waals surface area contributed by atoms with Crippen LogP contribution in [0.25, 0.3) is 0 Å². The Hall–Kier alpha value is -0.650. The highest BCUT2D eigenvalue weighted by atomic mass is 16.5. The van der Waals surface area contributed by atoms with Crippen LogP contribution in [-0.4, -0.2) is 55.4 Å². The zero-order valence-electron chi connectivity index (χ0n) is 10.7. The van der Waals surface area contributed by atoms with Crippen molar-refractivity contribution in [2.24, 2.45) is 11.7 Å². The van der Waals surface area contributed by atoms with E-state index in [4.69, 9.17) is 15.2 Å². The lowest BCUT2D eigenvalue weighted by atomic mass is 9.89. The number of hydrogen-bond acceptors (Lipinski definition) is 4. The summed E-state index contributed by atoms with van der Waals surface area (Å²) in [6, 6.07) is 0.134. The van der Waals surface area contributed by atoms with E-state index >= 15 is 0 Å². The van der Waals surface area contributed by atoms with Crippen LogP contribution in [0.5, 0.6) is 0 Å². The highest BCUT2D eigenvalue weighted by molar-refractivity contribution is 5.80. The van der Waals surface area contributed by atoms with Crippen molar-refractivity contribution in [1.29, 1.82) is 0 Å². The molecule has 2 saturated heterocycles. The topological polar surface area (TPSA) is 64.8 Å². The predicted octanol–water partition coefficient (Wildman–Crippen LogP) is 0.130. The van der Waals surface area contributed by atoms with Crippen LogP contribution in [0.15, 0.2) is 0 Å². The minimum Gasteiger partial charge on any atom is -0.379 e. The lowest BCUT2D eigenvalue weighted by Crippen LogP contribution is -2.57. The monoisotopic (exact) mass is 254 g/mol. The molecule has 1 aliphatic carbocycles. The van der Waals surface area contributed by atoms with Crippen molar-refractivity contribution in [2.45, 2.75) is 43.9 Å². The van der Waals surface area contributed by atoms with Crippen molar-refractivity contribution in [1.82, 2.24) is 4.90 Å². The summed E-state index contributed by atoms with van der Waals surface area (Å²) in [4.78, 5) is 14.6. The van der Waals surface area contributed by atoms with Gasteiger partial charge in [-0.1, -0.05) is 12.8 Å². The van der Waals surface area contributed by atoms with E-state index < -0.39 is 0 Å². The number of hydrogen-bond donors (Lipinski definition) is 1. The van der Waals surface area contributed by atoms with E-state index in [-0.39, 0.29) is 30.0 Å². The summed E-state index contributed by atoms with van der Waals surface area (Å²) in [5.41, 5.74) is 5.95. The van der Waals surface area contributed by atoms with E-state index in [2.05, 4.69) is 0 Å². The molecular weight excluding hydrogens is 232 g/mol. The third kappa shape index (κ3) is 2.15. The maximum Gasteiger partial charge on any atom is 0.230 e. The third-order valence-electron chi connectivity index (χ3n) is 4.46. The first-order chi connectivity index (χ1) is 8.77. The fourth-order valence-corrected chi connectivity index (χ4v) is 3.41. The number of fused-ring (bicyclic) bond motifs is 1. The van der Waals surface area contributed by atoms with E-state index in [0.29, 0.717) is 26.4 Å². The summed E-state index contributed by atoms with van der Waals surface area (Å²) in [7, 11) is 0. The fraction of sp³-hybridized carbons (Fsp3) is 0.923. The molecular formula is C13H22N2O3. The van der Waals surface area contributed by atoms with E-state index in [9.17, 15) is 4.79 Å². The Morgan fingerprint density at radius 1 is 1.22 bits per heavy atom. The second-order valence-electron chi connectivity index (χ2n) is 5.60. The maximum absolute atomic E-state index is 12.6. The van der Waals surface area contributed by atoms with Crippen LogP contribution in [0.4, 0.5) is 0 Å². The quantitative estimate of drug-likeness (QED) is 0.722. The van der Waals surface area contributed by atoms with Crippen molar-refractivity contribution >= 4 is 5.91 Å². The van der Waals surface area contributed by atoms with Gasteiger partial charge in [-0.05, 0) is 12.8 Å². The molecule has 3 fully saturated rings. The van der Waals surface area contributed by atoms with Gasteiger partial charge in [0.1, 0.15) is 0 Å². The molecule has 0 spiro atoms. The van der Waals surface area contributed by atoms with E-state index in [0.717, 1.165) is 12.8 Å². The van der Waals surface area contributed by atoms with Gasteiger partial charge in [0.2, 0.25) is 5.91 Å². The second kappa shape index (κ2) is 5.15. The van der Waals surface area contributed by atoms with Gasteiger partial charge in [0.05, 0.1) is 37.9 Å². The van der Waals surface area contributed by atoms with Gasteiger partial charge in [0.25, 0.3) is 0 Å². The van der Waals surface area contributed by atoms with Crippen LogP contribution in [0.1, 0.15) is 25.7 Å². The minimum absolute atomic E-state index is 0.137. The van der Waals surface area contributed by atoms with Gasteiger partial charge < -0.3 is 20.1 Å². The molecule has 5 nitrogen and oxygen atoms in total. The van der Waals surface area contributed by atoms with Crippen molar-refractivity contribution in [2.75, 3.05) is 26.4 Å². The molecule has 0 bridgehead atoms. The SMILES string of the molecule is NC1COCC1C(=O)N1CCOC2CCCCC21. The number of nitrogens with zero attached hydrogens (tertiary/aromatic N) is 1. The molecule has 4 atom stereocenters. The summed E-state index contributed by atoms with van der Waals surface area (Å²) < 4.78 is 11.1. The molecule has 1 amide bonds. The predicted molar refractivity (Wildman–Crippen MR) is 66.0 cm³/mol. The molecule has 3 rings (SSSR count). The normalized spacial score (nSPS) is 40.6. The molecule has 1 saturated carbocycles. The summed E-state index contributed by atoms with van der Waals surface area (Å²) >= 11 is 0. The van der Waals surface area contributed by atoms with E-state index in [1.807, 2.05) is 4.90 Å². The summed E-state index contributed by atoms with van der Waals surface area (Å²) in [5, 5.41) is 0. The molecule has 102 valence electrons. The first-order valence-corrected chi connectivity index (χ1v) is 7.03.